The molecule has 0 spiro atoms. The van der Waals surface area contributed by atoms with E-state index in [0.717, 1.165) is 4.31 Å². The van der Waals surface area contributed by atoms with Crippen molar-refractivity contribution in [2.24, 2.45) is 0 Å². The number of sulfonamides is 1. The molecule has 0 aliphatic carbocycles. The van der Waals surface area contributed by atoms with Crippen LogP contribution in [0, 0.1) is 0 Å². The highest BCUT2D eigenvalue weighted by atomic mass is 32.2. The summed E-state index contributed by atoms with van der Waals surface area (Å²) in [6.45, 7) is 1.65. The fourth-order valence-electron chi connectivity index (χ4n) is 1.53. The highest BCUT2D eigenvalue weighted by Crippen LogP contribution is 2.16. The van der Waals surface area contributed by atoms with Crippen molar-refractivity contribution in [2.45, 2.75) is 13.0 Å². The second-order valence-corrected chi connectivity index (χ2v) is 7.08. The molecule has 1 atom stereocenters. The molecular formula is C13H21N3O4S. The predicted molar refractivity (Wildman–Crippen MR) is 81.6 cm³/mol. The fourth-order valence-corrected chi connectivity index (χ4v) is 2.25. The van der Waals surface area contributed by atoms with Crippen LogP contribution in [0.1, 0.15) is 18.6 Å². The van der Waals surface area contributed by atoms with Gasteiger partial charge in [0.1, 0.15) is 0 Å². The summed E-state index contributed by atoms with van der Waals surface area (Å²) in [4.78, 5) is 11.7. The van der Waals surface area contributed by atoms with Gasteiger partial charge in [0, 0.05) is 26.3 Å². The van der Waals surface area contributed by atoms with E-state index in [4.69, 9.17) is 0 Å². The van der Waals surface area contributed by atoms with Crippen molar-refractivity contribution in [1.29, 1.82) is 0 Å². The van der Waals surface area contributed by atoms with Crippen LogP contribution in [-0.2, 0) is 10.0 Å². The lowest BCUT2D eigenvalue weighted by Crippen LogP contribution is -2.36. The first-order valence-corrected chi connectivity index (χ1v) is 8.06. The Morgan fingerprint density at radius 3 is 2.62 bits per heavy atom. The molecule has 0 heterocycles. The molecule has 0 radical (unpaired) electrons. The maximum Gasteiger partial charge on any atom is 0.319 e. The Kier molecular flexibility index (Phi) is 6.13. The van der Waals surface area contributed by atoms with E-state index in [1.165, 1.54) is 14.1 Å². The number of nitrogens with one attached hydrogen (secondary N) is 2. The zero-order chi connectivity index (χ0) is 16.0. The third kappa shape index (κ3) is 5.70. The van der Waals surface area contributed by atoms with E-state index in [0.29, 0.717) is 11.3 Å². The largest absolute Gasteiger partial charge is 0.389 e. The number of carbonyl (C=O) groups excluding carboxylic acids is 1. The Morgan fingerprint density at radius 2 is 2.05 bits per heavy atom. The molecule has 118 valence electrons. The summed E-state index contributed by atoms with van der Waals surface area (Å²) in [7, 11) is -0.444. The minimum atomic E-state index is -3.33. The highest BCUT2D eigenvalue weighted by molar-refractivity contribution is 7.89. The van der Waals surface area contributed by atoms with E-state index in [9.17, 15) is 18.3 Å². The molecule has 0 saturated heterocycles. The number of aliphatic hydroxyl groups is 1. The maximum atomic E-state index is 11.7. The maximum absolute atomic E-state index is 11.7. The number of aliphatic hydroxyl groups excluding tert-OH is 1. The number of benzene rings is 1. The number of anilines is 1. The number of amides is 2. The quantitative estimate of drug-likeness (QED) is 0.721. The third-order valence-corrected chi connectivity index (χ3v) is 4.66. The SMILES string of the molecule is CC(O)c1cccc(NC(=O)NCCS(=O)(=O)N(C)C)c1. The monoisotopic (exact) mass is 315 g/mol. The molecule has 8 heteroatoms. The zero-order valence-corrected chi connectivity index (χ0v) is 13.1. The van der Waals surface area contributed by atoms with Crippen molar-refractivity contribution in [3.8, 4) is 0 Å². The van der Waals surface area contributed by atoms with Crippen LogP contribution < -0.4 is 10.6 Å². The Morgan fingerprint density at radius 1 is 1.38 bits per heavy atom. The molecular weight excluding hydrogens is 294 g/mol. The molecule has 0 aliphatic rings. The molecule has 1 rings (SSSR count). The van der Waals surface area contributed by atoms with Crippen LogP contribution in [0.5, 0.6) is 0 Å². The van der Waals surface area contributed by atoms with Gasteiger partial charge >= 0.3 is 6.03 Å². The van der Waals surface area contributed by atoms with E-state index in [1.807, 2.05) is 0 Å². The second-order valence-electron chi connectivity index (χ2n) is 4.78. The van der Waals surface area contributed by atoms with Crippen molar-refractivity contribution in [2.75, 3.05) is 31.7 Å². The first-order valence-electron chi connectivity index (χ1n) is 6.45. The topological polar surface area (TPSA) is 98.7 Å². The van der Waals surface area contributed by atoms with Gasteiger partial charge < -0.3 is 15.7 Å². The lowest BCUT2D eigenvalue weighted by Gasteiger charge is -2.12. The van der Waals surface area contributed by atoms with Gasteiger partial charge in [0.2, 0.25) is 10.0 Å². The average molecular weight is 315 g/mol. The summed E-state index contributed by atoms with van der Waals surface area (Å²) in [6, 6.07) is 6.31. The van der Waals surface area contributed by atoms with Gasteiger partial charge in [0.05, 0.1) is 11.9 Å². The van der Waals surface area contributed by atoms with Crippen LogP contribution in [0.25, 0.3) is 0 Å². The third-order valence-electron chi connectivity index (χ3n) is 2.83. The molecule has 1 aromatic rings. The minimum absolute atomic E-state index is 0.0163. The van der Waals surface area contributed by atoms with Crippen molar-refractivity contribution in [1.82, 2.24) is 9.62 Å². The standard InChI is InChI=1S/C13H21N3O4S/c1-10(17)11-5-4-6-12(9-11)15-13(18)14-7-8-21(19,20)16(2)3/h4-6,9-10,17H,7-8H2,1-3H3,(H2,14,15,18). The lowest BCUT2D eigenvalue weighted by atomic mass is 10.1. The van der Waals surface area contributed by atoms with Crippen LogP contribution in [0.4, 0.5) is 10.5 Å². The summed E-state index contributed by atoms with van der Waals surface area (Å²) in [6.07, 6.45) is -0.625. The van der Waals surface area contributed by atoms with Gasteiger partial charge in [0.25, 0.3) is 0 Å². The zero-order valence-electron chi connectivity index (χ0n) is 12.3. The Balaban J connectivity index is 2.50. The van der Waals surface area contributed by atoms with Crippen molar-refractivity contribution in [3.63, 3.8) is 0 Å². The lowest BCUT2D eigenvalue weighted by molar-refractivity contribution is 0.199. The fraction of sp³-hybridized carbons (Fsp3) is 0.462. The summed E-state index contributed by atoms with van der Waals surface area (Å²) in [5, 5.41) is 14.5. The van der Waals surface area contributed by atoms with Gasteiger partial charge in [-0.15, -0.1) is 0 Å². The number of rotatable bonds is 6. The van der Waals surface area contributed by atoms with Crippen LogP contribution in [0.2, 0.25) is 0 Å². The molecule has 0 saturated carbocycles. The van der Waals surface area contributed by atoms with Gasteiger partial charge in [-0.1, -0.05) is 12.1 Å². The number of hydrogen-bond acceptors (Lipinski definition) is 4. The van der Waals surface area contributed by atoms with Gasteiger partial charge in [0.15, 0.2) is 0 Å². The Labute approximate surface area is 125 Å². The molecule has 2 amide bonds. The van der Waals surface area contributed by atoms with Crippen LogP contribution >= 0.6 is 0 Å². The minimum Gasteiger partial charge on any atom is -0.389 e. The molecule has 1 unspecified atom stereocenters. The van der Waals surface area contributed by atoms with Crippen molar-refractivity contribution >= 4 is 21.7 Å². The average Bonchev–Trinajstić information content (AvgIpc) is 2.38. The smallest absolute Gasteiger partial charge is 0.319 e. The number of urea groups is 1. The molecule has 0 aromatic heterocycles. The molecule has 0 aliphatic heterocycles. The van der Waals surface area contributed by atoms with Crippen LogP contribution in [-0.4, -0.2) is 50.3 Å². The van der Waals surface area contributed by atoms with Crippen molar-refractivity contribution in [3.05, 3.63) is 29.8 Å². The van der Waals surface area contributed by atoms with E-state index in [1.54, 1.807) is 31.2 Å². The number of nitrogens with zero attached hydrogens (tertiary/aromatic N) is 1. The number of hydrogen-bond donors (Lipinski definition) is 3. The van der Waals surface area contributed by atoms with Gasteiger partial charge in [-0.2, -0.15) is 0 Å². The van der Waals surface area contributed by atoms with Crippen LogP contribution in [0.3, 0.4) is 0 Å². The van der Waals surface area contributed by atoms with E-state index < -0.39 is 22.2 Å². The summed E-state index contributed by atoms with van der Waals surface area (Å²) < 4.78 is 24.1. The Hall–Kier alpha value is -1.64. The number of carbonyl (C=O) groups is 1. The normalized spacial score (nSPS) is 13.0. The molecule has 21 heavy (non-hydrogen) atoms. The molecule has 1 aromatic carbocycles. The molecule has 3 N–H and O–H groups in total. The molecule has 0 fully saturated rings. The summed E-state index contributed by atoms with van der Waals surface area (Å²) in [5.74, 6) is -0.166. The van der Waals surface area contributed by atoms with Gasteiger partial charge in [-0.25, -0.2) is 17.5 Å². The van der Waals surface area contributed by atoms with Gasteiger partial charge in [-0.3, -0.25) is 0 Å². The molecule has 7 nitrogen and oxygen atoms in total. The van der Waals surface area contributed by atoms with Crippen LogP contribution in [0.15, 0.2) is 24.3 Å². The summed E-state index contributed by atoms with van der Waals surface area (Å²) in [5.41, 5.74) is 1.21. The summed E-state index contributed by atoms with van der Waals surface area (Å²) >= 11 is 0. The van der Waals surface area contributed by atoms with Crippen molar-refractivity contribution < 1.29 is 18.3 Å². The van der Waals surface area contributed by atoms with E-state index in [2.05, 4.69) is 10.6 Å². The predicted octanol–water partition coefficient (Wildman–Crippen LogP) is 0.753. The van der Waals surface area contributed by atoms with E-state index >= 15 is 0 Å². The van der Waals surface area contributed by atoms with Gasteiger partial charge in [-0.05, 0) is 24.6 Å². The van der Waals surface area contributed by atoms with E-state index in [-0.39, 0.29) is 12.3 Å². The first kappa shape index (κ1) is 17.4. The first-order chi connectivity index (χ1) is 9.72. The second kappa shape index (κ2) is 7.39. The molecule has 0 bridgehead atoms. The Bertz CT molecular complexity index is 585. The highest BCUT2D eigenvalue weighted by Gasteiger charge is 2.13.